The van der Waals surface area contributed by atoms with Crippen molar-refractivity contribution in [3.8, 4) is 11.1 Å². The van der Waals surface area contributed by atoms with E-state index in [2.05, 4.69) is 42.5 Å². The summed E-state index contributed by atoms with van der Waals surface area (Å²) in [6, 6.07) is 16.2. The second-order valence-electron chi connectivity index (χ2n) is 7.74. The van der Waals surface area contributed by atoms with Crippen LogP contribution in [0.5, 0.6) is 0 Å². The number of nitrogens with two attached hydrogens (primary N) is 1. The largest absolute Gasteiger partial charge is 0.485 e. The van der Waals surface area contributed by atoms with E-state index in [9.17, 15) is 4.79 Å². The molecule has 2 aromatic carbocycles. The molecule has 1 aliphatic rings. The molecular formula is C26H30ClNO2. The number of hydrogen-bond donors (Lipinski definition) is 1. The van der Waals surface area contributed by atoms with Crippen molar-refractivity contribution in [2.24, 2.45) is 5.73 Å². The van der Waals surface area contributed by atoms with Crippen LogP contribution in [0.1, 0.15) is 50.5 Å². The molecule has 0 saturated heterocycles. The molecule has 0 bridgehead atoms. The molecule has 2 aromatic rings. The Morgan fingerprint density at radius 3 is 2.30 bits per heavy atom. The summed E-state index contributed by atoms with van der Waals surface area (Å²) in [5.74, 6) is 0.449. The first-order chi connectivity index (χ1) is 14.6. The molecule has 0 saturated carbocycles. The first-order valence-electron chi connectivity index (χ1n) is 10.8. The number of hydrogen-bond acceptors (Lipinski definition) is 2. The summed E-state index contributed by atoms with van der Waals surface area (Å²) in [5.41, 5.74) is 9.05. The molecule has 1 atom stereocenters. The Kier molecular flexibility index (Phi) is 8.58. The van der Waals surface area contributed by atoms with Crippen molar-refractivity contribution in [1.82, 2.24) is 0 Å². The minimum atomic E-state index is -0.608. The predicted molar refractivity (Wildman–Crippen MR) is 124 cm³/mol. The number of rotatable bonds is 7. The van der Waals surface area contributed by atoms with Crippen molar-refractivity contribution in [3.63, 3.8) is 0 Å². The van der Waals surface area contributed by atoms with Gasteiger partial charge < -0.3 is 10.5 Å². The second kappa shape index (κ2) is 11.6. The van der Waals surface area contributed by atoms with Gasteiger partial charge in [0.2, 0.25) is 0 Å². The van der Waals surface area contributed by atoms with Crippen LogP contribution in [0.15, 0.2) is 72.5 Å². The van der Waals surface area contributed by atoms with Gasteiger partial charge in [0.1, 0.15) is 0 Å². The molecular weight excluding hydrogens is 394 g/mol. The van der Waals surface area contributed by atoms with Gasteiger partial charge in [-0.05, 0) is 73.4 Å². The minimum Gasteiger partial charge on any atom is -0.485 e. The van der Waals surface area contributed by atoms with E-state index < -0.39 is 12.0 Å². The van der Waals surface area contributed by atoms with Gasteiger partial charge in [-0.1, -0.05) is 66.6 Å². The summed E-state index contributed by atoms with van der Waals surface area (Å²) < 4.78 is 6.03. The Morgan fingerprint density at radius 2 is 1.60 bits per heavy atom. The molecule has 0 radical (unpaired) electrons. The maximum absolute atomic E-state index is 12.0. The highest BCUT2D eigenvalue weighted by molar-refractivity contribution is 6.30. The molecule has 30 heavy (non-hydrogen) atoms. The SMILES string of the molecule is NC(=O)C(CCc1ccc(-c2ccc(Cl)cc2)cc1)O/C1=C/CCCCC/C=C\C1. The summed E-state index contributed by atoms with van der Waals surface area (Å²) in [4.78, 5) is 12.0. The van der Waals surface area contributed by atoms with Crippen LogP contribution in [-0.4, -0.2) is 12.0 Å². The first-order valence-corrected chi connectivity index (χ1v) is 11.1. The molecule has 0 heterocycles. The number of carbonyl (C=O) groups excluding carboxylic acids is 1. The number of allylic oxidation sites excluding steroid dienone is 3. The van der Waals surface area contributed by atoms with Gasteiger partial charge in [0, 0.05) is 11.4 Å². The van der Waals surface area contributed by atoms with Gasteiger partial charge in [-0.2, -0.15) is 0 Å². The fourth-order valence-corrected chi connectivity index (χ4v) is 3.72. The lowest BCUT2D eigenvalue weighted by atomic mass is 10.0. The van der Waals surface area contributed by atoms with Crippen molar-refractivity contribution >= 4 is 17.5 Å². The van der Waals surface area contributed by atoms with Gasteiger partial charge in [-0.25, -0.2) is 0 Å². The molecule has 1 aliphatic carbocycles. The number of primary amides is 1. The fourth-order valence-electron chi connectivity index (χ4n) is 3.59. The van der Waals surface area contributed by atoms with Crippen LogP contribution in [0.3, 0.4) is 0 Å². The van der Waals surface area contributed by atoms with Crippen molar-refractivity contribution in [2.75, 3.05) is 0 Å². The normalized spacial score (nSPS) is 18.6. The zero-order valence-corrected chi connectivity index (χ0v) is 18.1. The molecule has 1 amide bonds. The quantitative estimate of drug-likeness (QED) is 0.509. The van der Waals surface area contributed by atoms with Gasteiger partial charge in [0.15, 0.2) is 6.10 Å². The number of aryl methyl sites for hydroxylation is 1. The zero-order valence-electron chi connectivity index (χ0n) is 17.4. The summed E-state index contributed by atoms with van der Waals surface area (Å²) in [6.07, 6.45) is 13.6. The lowest BCUT2D eigenvalue weighted by Gasteiger charge is -2.18. The van der Waals surface area contributed by atoms with Crippen LogP contribution in [-0.2, 0) is 16.0 Å². The monoisotopic (exact) mass is 423 g/mol. The third-order valence-electron chi connectivity index (χ3n) is 5.37. The highest BCUT2D eigenvalue weighted by atomic mass is 35.5. The third-order valence-corrected chi connectivity index (χ3v) is 5.62. The first kappa shape index (κ1) is 22.2. The zero-order chi connectivity index (χ0) is 21.2. The third kappa shape index (κ3) is 7.07. The van der Waals surface area contributed by atoms with Crippen LogP contribution in [0.4, 0.5) is 0 Å². The van der Waals surface area contributed by atoms with Gasteiger partial charge in [0.25, 0.3) is 5.91 Å². The van der Waals surface area contributed by atoms with E-state index in [1.165, 1.54) is 12.8 Å². The Labute approximate surface area is 184 Å². The smallest absolute Gasteiger partial charge is 0.258 e. The van der Waals surface area contributed by atoms with Gasteiger partial charge in [-0.15, -0.1) is 0 Å². The molecule has 1 unspecified atom stereocenters. The Bertz CT molecular complexity index is 869. The number of benzene rings is 2. The summed E-state index contributed by atoms with van der Waals surface area (Å²) >= 11 is 5.97. The Hall–Kier alpha value is -2.52. The van der Waals surface area contributed by atoms with Crippen LogP contribution >= 0.6 is 11.6 Å². The number of halogens is 1. The maximum atomic E-state index is 12.0. The van der Waals surface area contributed by atoms with E-state index in [0.29, 0.717) is 6.42 Å². The van der Waals surface area contributed by atoms with Crippen LogP contribution < -0.4 is 5.73 Å². The predicted octanol–water partition coefficient (Wildman–Crippen LogP) is 6.60. The average molecular weight is 424 g/mol. The molecule has 3 rings (SSSR count). The summed E-state index contributed by atoms with van der Waals surface area (Å²) in [7, 11) is 0. The Morgan fingerprint density at radius 1 is 0.933 bits per heavy atom. The lowest BCUT2D eigenvalue weighted by molar-refractivity contribution is -0.127. The van der Waals surface area contributed by atoms with Gasteiger partial charge in [0.05, 0.1) is 5.76 Å². The van der Waals surface area contributed by atoms with Crippen molar-refractivity contribution in [3.05, 3.63) is 83.1 Å². The standard InChI is InChI=1S/C26H30ClNO2/c27-23-17-15-22(16-18-23)21-13-10-20(11-14-21)12-19-25(26(28)29)30-24-8-6-4-2-1-3-5-7-9-24/h4,6,9-11,13-18,25H,1-3,5,7-8,12,19H2,(H2,28,29)/b6-4-,24-9+. The van der Waals surface area contributed by atoms with Crippen LogP contribution in [0.2, 0.25) is 5.02 Å². The maximum Gasteiger partial charge on any atom is 0.258 e. The van der Waals surface area contributed by atoms with Crippen molar-refractivity contribution in [1.29, 1.82) is 0 Å². The molecule has 2 N–H and O–H groups in total. The number of carbonyl (C=O) groups is 1. The molecule has 3 nitrogen and oxygen atoms in total. The minimum absolute atomic E-state index is 0.408. The van der Waals surface area contributed by atoms with Gasteiger partial charge >= 0.3 is 0 Å². The summed E-state index contributed by atoms with van der Waals surface area (Å²) in [5, 5.41) is 0.730. The van der Waals surface area contributed by atoms with Gasteiger partial charge in [-0.3, -0.25) is 4.79 Å². The van der Waals surface area contributed by atoms with E-state index in [-0.39, 0.29) is 0 Å². The summed E-state index contributed by atoms with van der Waals surface area (Å²) in [6.45, 7) is 0. The van der Waals surface area contributed by atoms with E-state index in [4.69, 9.17) is 22.1 Å². The number of ether oxygens (including phenoxy) is 1. The van der Waals surface area contributed by atoms with E-state index in [1.54, 1.807) is 0 Å². The van der Waals surface area contributed by atoms with Crippen molar-refractivity contribution in [2.45, 2.75) is 57.5 Å². The highest BCUT2D eigenvalue weighted by Crippen LogP contribution is 2.23. The molecule has 158 valence electrons. The molecule has 0 fully saturated rings. The fraction of sp³-hybridized carbons (Fsp3) is 0.346. The van der Waals surface area contributed by atoms with E-state index in [0.717, 1.165) is 59.6 Å². The lowest BCUT2D eigenvalue weighted by Crippen LogP contribution is -2.31. The highest BCUT2D eigenvalue weighted by Gasteiger charge is 2.18. The van der Waals surface area contributed by atoms with Crippen LogP contribution in [0, 0.1) is 0 Å². The average Bonchev–Trinajstić information content (AvgIpc) is 2.76. The van der Waals surface area contributed by atoms with E-state index in [1.807, 2.05) is 24.3 Å². The molecule has 4 heteroatoms. The number of amides is 1. The molecule has 0 aromatic heterocycles. The van der Waals surface area contributed by atoms with E-state index >= 15 is 0 Å². The molecule has 0 spiro atoms. The van der Waals surface area contributed by atoms with Crippen molar-refractivity contribution < 1.29 is 9.53 Å². The second-order valence-corrected chi connectivity index (χ2v) is 8.17. The Balaban J connectivity index is 1.59. The van der Waals surface area contributed by atoms with Crippen LogP contribution in [0.25, 0.3) is 11.1 Å². The molecule has 0 aliphatic heterocycles. The topological polar surface area (TPSA) is 52.3 Å².